The van der Waals surface area contributed by atoms with Gasteiger partial charge in [-0.1, -0.05) is 19.0 Å². The lowest BCUT2D eigenvalue weighted by Crippen LogP contribution is -1.89. The molecule has 1 heterocycles. The Labute approximate surface area is 124 Å². The Morgan fingerprint density at radius 3 is 2.32 bits per heavy atom. The summed E-state index contributed by atoms with van der Waals surface area (Å²) in [5, 5.41) is 3.42. The highest BCUT2D eigenvalue weighted by Gasteiger charge is 1.96. The first kappa shape index (κ1) is 16.0. The molecule has 0 atom stereocenters. The second-order valence-corrected chi connectivity index (χ2v) is 6.17. The van der Waals surface area contributed by atoms with Crippen LogP contribution in [0.2, 0.25) is 0 Å². The van der Waals surface area contributed by atoms with Crippen molar-refractivity contribution in [2.75, 3.05) is 11.5 Å². The summed E-state index contributed by atoms with van der Waals surface area (Å²) in [5.74, 6) is 3.13. The fourth-order valence-corrected chi connectivity index (χ4v) is 2.19. The third-order valence-corrected chi connectivity index (χ3v) is 3.80. The Kier molecular flexibility index (Phi) is 6.87. The van der Waals surface area contributed by atoms with Gasteiger partial charge in [-0.25, -0.2) is 0 Å². The van der Waals surface area contributed by atoms with E-state index in [0.717, 1.165) is 16.6 Å². The first-order valence-electron chi connectivity index (χ1n) is 6.08. The number of rotatable bonds is 3. The van der Waals surface area contributed by atoms with E-state index in [1.807, 2.05) is 23.9 Å². The predicted octanol–water partition coefficient (Wildman–Crippen LogP) is 4.29. The van der Waals surface area contributed by atoms with Crippen molar-refractivity contribution in [1.82, 2.24) is 5.16 Å². The maximum atomic E-state index is 5.17. The van der Waals surface area contributed by atoms with E-state index < -0.39 is 0 Å². The minimum atomic E-state index is 0.442. The van der Waals surface area contributed by atoms with Crippen LogP contribution in [0.3, 0.4) is 0 Å². The molecule has 0 spiro atoms. The number of thiol groups is 1. The van der Waals surface area contributed by atoms with Gasteiger partial charge in [-0.15, -0.1) is 24.4 Å². The van der Waals surface area contributed by atoms with Gasteiger partial charge in [0.05, 0.1) is 0 Å². The van der Waals surface area contributed by atoms with Crippen molar-refractivity contribution in [2.24, 2.45) is 5.92 Å². The van der Waals surface area contributed by atoms with E-state index in [-0.39, 0.29) is 0 Å². The fourth-order valence-electron chi connectivity index (χ4n) is 1.19. The highest BCUT2D eigenvalue weighted by molar-refractivity contribution is 7.99. The molecule has 0 saturated heterocycles. The minimum absolute atomic E-state index is 0.442. The van der Waals surface area contributed by atoms with E-state index in [1.54, 1.807) is 13.0 Å². The molecule has 2 N–H and O–H groups in total. The Morgan fingerprint density at radius 1 is 1.32 bits per heavy atom. The minimum Gasteiger partial charge on any atom is -0.381 e. The summed E-state index contributed by atoms with van der Waals surface area (Å²) in [6.07, 6.45) is 0. The number of anilines is 1. The molecular weight excluding hydrogens is 276 g/mol. The van der Waals surface area contributed by atoms with Crippen LogP contribution in [0.25, 0.3) is 0 Å². The number of hydrogen-bond donors (Lipinski definition) is 2. The number of aryl methyl sites for hydroxylation is 1. The van der Waals surface area contributed by atoms with Gasteiger partial charge in [0.25, 0.3) is 0 Å². The van der Waals surface area contributed by atoms with Crippen LogP contribution in [-0.2, 0) is 0 Å². The largest absolute Gasteiger partial charge is 0.381 e. The highest BCUT2D eigenvalue weighted by Crippen LogP contribution is 2.21. The average molecular weight is 296 g/mol. The van der Waals surface area contributed by atoms with Gasteiger partial charge in [0, 0.05) is 21.6 Å². The highest BCUT2D eigenvalue weighted by atomic mass is 32.2. The molecule has 3 nitrogen and oxygen atoms in total. The summed E-state index contributed by atoms with van der Waals surface area (Å²) >= 11 is 6.13. The number of nitrogens with two attached hydrogens (primary N) is 1. The van der Waals surface area contributed by atoms with Crippen LogP contribution in [-0.4, -0.2) is 10.9 Å². The third-order valence-electron chi connectivity index (χ3n) is 2.07. The summed E-state index contributed by atoms with van der Waals surface area (Å²) in [6, 6.07) is 9.97. The summed E-state index contributed by atoms with van der Waals surface area (Å²) in [5.41, 5.74) is 5.17. The number of nitrogen functional groups attached to an aromatic ring is 1. The van der Waals surface area contributed by atoms with Crippen molar-refractivity contribution < 1.29 is 4.52 Å². The van der Waals surface area contributed by atoms with Crippen LogP contribution in [0.15, 0.2) is 44.6 Å². The predicted molar refractivity (Wildman–Crippen MR) is 84.9 cm³/mol. The van der Waals surface area contributed by atoms with E-state index >= 15 is 0 Å². The molecule has 5 heteroatoms. The van der Waals surface area contributed by atoms with Gasteiger partial charge in [0.1, 0.15) is 5.76 Å². The van der Waals surface area contributed by atoms with E-state index in [0.29, 0.717) is 5.82 Å². The van der Waals surface area contributed by atoms with Gasteiger partial charge in [0.15, 0.2) is 5.82 Å². The zero-order valence-electron chi connectivity index (χ0n) is 11.5. The number of aromatic nitrogens is 1. The van der Waals surface area contributed by atoms with Crippen LogP contribution >= 0.6 is 24.4 Å². The van der Waals surface area contributed by atoms with E-state index in [1.165, 1.54) is 10.6 Å². The number of thioether (sulfide) groups is 1. The van der Waals surface area contributed by atoms with E-state index in [4.69, 9.17) is 5.73 Å². The SMILES string of the molecule is CC(C)CSc1ccc(S)cc1.Cc1cc(N)no1. The van der Waals surface area contributed by atoms with Gasteiger partial charge >= 0.3 is 0 Å². The molecule has 1 aromatic carbocycles. The van der Waals surface area contributed by atoms with Crippen molar-refractivity contribution in [3.05, 3.63) is 36.1 Å². The van der Waals surface area contributed by atoms with E-state index in [9.17, 15) is 0 Å². The maximum absolute atomic E-state index is 5.17. The van der Waals surface area contributed by atoms with Crippen LogP contribution in [0.5, 0.6) is 0 Å². The Balaban J connectivity index is 0.000000218. The van der Waals surface area contributed by atoms with Gasteiger partial charge < -0.3 is 10.3 Å². The number of benzene rings is 1. The molecule has 0 aliphatic carbocycles. The quantitative estimate of drug-likeness (QED) is 0.655. The molecule has 0 aliphatic rings. The number of nitrogens with zero attached hydrogens (tertiary/aromatic N) is 1. The van der Waals surface area contributed by atoms with Crippen molar-refractivity contribution >= 4 is 30.2 Å². The van der Waals surface area contributed by atoms with Crippen molar-refractivity contribution in [3.8, 4) is 0 Å². The zero-order valence-corrected chi connectivity index (χ0v) is 13.2. The molecule has 1 aromatic heterocycles. The second kappa shape index (κ2) is 8.17. The van der Waals surface area contributed by atoms with E-state index in [2.05, 4.69) is 48.3 Å². The Morgan fingerprint density at radius 2 is 1.95 bits per heavy atom. The van der Waals surface area contributed by atoms with Crippen molar-refractivity contribution in [2.45, 2.75) is 30.6 Å². The van der Waals surface area contributed by atoms with Gasteiger partial charge in [-0.3, -0.25) is 0 Å². The fraction of sp³-hybridized carbons (Fsp3) is 0.357. The molecule has 19 heavy (non-hydrogen) atoms. The lowest BCUT2D eigenvalue weighted by molar-refractivity contribution is 0.400. The number of hydrogen-bond acceptors (Lipinski definition) is 5. The van der Waals surface area contributed by atoms with Gasteiger partial charge in [-0.2, -0.15) is 0 Å². The average Bonchev–Trinajstić information content (AvgIpc) is 2.73. The third kappa shape index (κ3) is 7.18. The molecule has 0 amide bonds. The maximum Gasteiger partial charge on any atom is 0.167 e. The molecule has 0 fully saturated rings. The van der Waals surface area contributed by atoms with Crippen LogP contribution in [0, 0.1) is 12.8 Å². The monoisotopic (exact) mass is 296 g/mol. The summed E-state index contributed by atoms with van der Waals surface area (Å²) < 4.78 is 4.59. The molecule has 0 aliphatic heterocycles. The van der Waals surface area contributed by atoms with Crippen molar-refractivity contribution in [3.63, 3.8) is 0 Å². The normalized spacial score (nSPS) is 10.2. The summed E-state index contributed by atoms with van der Waals surface area (Å²) in [4.78, 5) is 2.37. The molecule has 2 aromatic rings. The molecule has 0 bridgehead atoms. The molecule has 0 radical (unpaired) electrons. The molecule has 2 rings (SSSR count). The molecule has 104 valence electrons. The van der Waals surface area contributed by atoms with Crippen LogP contribution < -0.4 is 5.73 Å². The lowest BCUT2D eigenvalue weighted by Gasteiger charge is -2.03. The molecular formula is C14H20N2OS2. The van der Waals surface area contributed by atoms with Gasteiger partial charge in [-0.05, 0) is 37.1 Å². The smallest absolute Gasteiger partial charge is 0.167 e. The standard InChI is InChI=1S/C10H14S2.C4H6N2O/c1-8(2)7-12-10-5-3-9(11)4-6-10;1-3-2-4(5)6-7-3/h3-6,8,11H,7H2,1-2H3;2H,1H3,(H2,5,6). The summed E-state index contributed by atoms with van der Waals surface area (Å²) in [6.45, 7) is 6.27. The van der Waals surface area contributed by atoms with Crippen LogP contribution in [0.4, 0.5) is 5.82 Å². The topological polar surface area (TPSA) is 52.0 Å². The Hall–Kier alpha value is -1.07. The zero-order chi connectivity index (χ0) is 14.3. The van der Waals surface area contributed by atoms with Crippen molar-refractivity contribution in [1.29, 1.82) is 0 Å². The van der Waals surface area contributed by atoms with Gasteiger partial charge in [0.2, 0.25) is 0 Å². The first-order valence-corrected chi connectivity index (χ1v) is 7.51. The molecule has 0 unspecified atom stereocenters. The summed E-state index contributed by atoms with van der Waals surface area (Å²) in [7, 11) is 0. The second-order valence-electron chi connectivity index (χ2n) is 4.56. The Bertz CT molecular complexity index is 464. The first-order chi connectivity index (χ1) is 8.97. The van der Waals surface area contributed by atoms with Crippen LogP contribution in [0.1, 0.15) is 19.6 Å². The lowest BCUT2D eigenvalue weighted by atomic mass is 10.3. The molecule has 0 saturated carbocycles.